The summed E-state index contributed by atoms with van der Waals surface area (Å²) in [6, 6.07) is 7.79. The summed E-state index contributed by atoms with van der Waals surface area (Å²) in [6.07, 6.45) is 6.05. The molecule has 0 aliphatic heterocycles. The Morgan fingerprint density at radius 1 is 1.12 bits per heavy atom. The normalized spacial score (nSPS) is 13.5. The molecule has 2 N–H and O–H groups in total. The lowest BCUT2D eigenvalue weighted by molar-refractivity contribution is -0.120. The van der Waals surface area contributed by atoms with E-state index in [2.05, 4.69) is 15.5 Å². The summed E-state index contributed by atoms with van der Waals surface area (Å²) in [5.41, 5.74) is 0.984. The quantitative estimate of drug-likeness (QED) is 0.522. The predicted octanol–water partition coefficient (Wildman–Crippen LogP) is 3.24. The van der Waals surface area contributed by atoms with Crippen LogP contribution >= 0.6 is 12.2 Å². The first-order valence-corrected chi connectivity index (χ1v) is 11.1. The molecule has 0 bridgehead atoms. The SMILES string of the molecule is COc1cc(CN(C(=S)NCC(=O)NCc2ccco2)C2CCCC2)cc(OC)c1OC. The van der Waals surface area contributed by atoms with E-state index in [1.54, 1.807) is 33.7 Å². The number of carbonyl (C=O) groups is 1. The van der Waals surface area contributed by atoms with Crippen molar-refractivity contribution in [3.63, 3.8) is 0 Å². The minimum absolute atomic E-state index is 0.0953. The molecule has 174 valence electrons. The molecular formula is C23H31N3O5S. The highest BCUT2D eigenvalue weighted by molar-refractivity contribution is 7.80. The number of carbonyl (C=O) groups excluding carboxylic acids is 1. The van der Waals surface area contributed by atoms with Crippen LogP contribution in [0.15, 0.2) is 34.9 Å². The molecular weight excluding hydrogens is 430 g/mol. The Labute approximate surface area is 194 Å². The Bertz CT molecular complexity index is 872. The van der Waals surface area contributed by atoms with Gasteiger partial charge in [-0.25, -0.2) is 0 Å². The molecule has 0 saturated heterocycles. The molecule has 3 rings (SSSR count). The molecule has 9 heteroatoms. The summed E-state index contributed by atoms with van der Waals surface area (Å²) in [7, 11) is 4.79. The third-order valence-electron chi connectivity index (χ3n) is 5.54. The van der Waals surface area contributed by atoms with Crippen molar-refractivity contribution < 1.29 is 23.4 Å². The molecule has 0 radical (unpaired) electrons. The molecule has 0 spiro atoms. The van der Waals surface area contributed by atoms with Gasteiger partial charge in [0, 0.05) is 12.6 Å². The van der Waals surface area contributed by atoms with Crippen molar-refractivity contribution in [3.05, 3.63) is 41.9 Å². The van der Waals surface area contributed by atoms with E-state index in [-0.39, 0.29) is 12.5 Å². The minimum Gasteiger partial charge on any atom is -0.493 e. The third kappa shape index (κ3) is 6.06. The summed E-state index contributed by atoms with van der Waals surface area (Å²) >= 11 is 5.69. The van der Waals surface area contributed by atoms with Gasteiger partial charge in [0.05, 0.1) is 40.7 Å². The minimum atomic E-state index is -0.150. The fourth-order valence-corrected chi connectivity index (χ4v) is 4.21. The van der Waals surface area contributed by atoms with E-state index in [1.807, 2.05) is 18.2 Å². The lowest BCUT2D eigenvalue weighted by Gasteiger charge is -2.32. The fourth-order valence-electron chi connectivity index (χ4n) is 3.92. The zero-order chi connectivity index (χ0) is 22.9. The summed E-state index contributed by atoms with van der Waals surface area (Å²) in [5.74, 6) is 2.31. The Morgan fingerprint density at radius 2 is 1.81 bits per heavy atom. The van der Waals surface area contributed by atoms with Gasteiger partial charge < -0.3 is 34.2 Å². The second-order valence-electron chi connectivity index (χ2n) is 7.61. The van der Waals surface area contributed by atoms with Crippen LogP contribution in [-0.2, 0) is 17.9 Å². The monoisotopic (exact) mass is 461 g/mol. The molecule has 1 aliphatic carbocycles. The molecule has 32 heavy (non-hydrogen) atoms. The van der Waals surface area contributed by atoms with E-state index < -0.39 is 0 Å². The van der Waals surface area contributed by atoms with E-state index in [0.717, 1.165) is 18.4 Å². The van der Waals surface area contributed by atoms with Gasteiger partial charge in [0.1, 0.15) is 5.76 Å². The summed E-state index contributed by atoms with van der Waals surface area (Å²) in [5, 5.41) is 6.49. The Hall–Kier alpha value is -2.94. The van der Waals surface area contributed by atoms with Crippen molar-refractivity contribution in [2.75, 3.05) is 27.9 Å². The van der Waals surface area contributed by atoms with Gasteiger partial charge in [-0.3, -0.25) is 4.79 Å². The second-order valence-corrected chi connectivity index (χ2v) is 8.00. The van der Waals surface area contributed by atoms with Gasteiger partial charge in [-0.2, -0.15) is 0 Å². The van der Waals surface area contributed by atoms with Gasteiger partial charge in [0.2, 0.25) is 11.7 Å². The van der Waals surface area contributed by atoms with Gasteiger partial charge in [0.25, 0.3) is 0 Å². The van der Waals surface area contributed by atoms with Gasteiger partial charge in [0.15, 0.2) is 16.6 Å². The lowest BCUT2D eigenvalue weighted by atomic mass is 10.1. The Balaban J connectivity index is 1.67. The van der Waals surface area contributed by atoms with E-state index in [4.69, 9.17) is 30.8 Å². The first kappa shape index (κ1) is 23.7. The van der Waals surface area contributed by atoms with Gasteiger partial charge in [-0.05, 0) is 54.9 Å². The number of thiocarbonyl (C=S) groups is 1. The fraction of sp³-hybridized carbons (Fsp3) is 0.478. The van der Waals surface area contributed by atoms with Crippen LogP contribution in [0.5, 0.6) is 17.2 Å². The average molecular weight is 462 g/mol. The maximum atomic E-state index is 12.2. The average Bonchev–Trinajstić information content (AvgIpc) is 3.53. The van der Waals surface area contributed by atoms with E-state index in [9.17, 15) is 4.79 Å². The van der Waals surface area contributed by atoms with Gasteiger partial charge in [-0.15, -0.1) is 0 Å². The first-order chi connectivity index (χ1) is 15.5. The number of furan rings is 1. The van der Waals surface area contributed by atoms with Crippen molar-refractivity contribution in [2.45, 2.75) is 44.8 Å². The van der Waals surface area contributed by atoms with E-state index in [0.29, 0.717) is 47.3 Å². The Morgan fingerprint density at radius 3 is 2.38 bits per heavy atom. The predicted molar refractivity (Wildman–Crippen MR) is 125 cm³/mol. The maximum absolute atomic E-state index is 12.2. The Kier molecular flexibility index (Phi) is 8.61. The number of amides is 1. The lowest BCUT2D eigenvalue weighted by Crippen LogP contribution is -2.47. The smallest absolute Gasteiger partial charge is 0.239 e. The first-order valence-electron chi connectivity index (χ1n) is 10.7. The van der Waals surface area contributed by atoms with Crippen LogP contribution in [0.1, 0.15) is 37.0 Å². The molecule has 1 amide bonds. The van der Waals surface area contributed by atoms with Crippen molar-refractivity contribution in [2.24, 2.45) is 0 Å². The standard InChI is InChI=1S/C23H31N3O5S/c1-28-19-11-16(12-20(29-2)22(19)30-3)15-26(17-7-4-5-8-17)23(32)25-14-21(27)24-13-18-9-6-10-31-18/h6,9-12,17H,4-5,7-8,13-15H2,1-3H3,(H,24,27)(H,25,32). The van der Waals surface area contributed by atoms with Crippen LogP contribution in [-0.4, -0.2) is 49.8 Å². The van der Waals surface area contributed by atoms with Crippen LogP contribution in [0.4, 0.5) is 0 Å². The molecule has 1 heterocycles. The van der Waals surface area contributed by atoms with Gasteiger partial charge in [-0.1, -0.05) is 12.8 Å². The summed E-state index contributed by atoms with van der Waals surface area (Å²) in [4.78, 5) is 14.4. The highest BCUT2D eigenvalue weighted by Crippen LogP contribution is 2.39. The van der Waals surface area contributed by atoms with Crippen molar-refractivity contribution >= 4 is 23.2 Å². The summed E-state index contributed by atoms with van der Waals surface area (Å²) in [6.45, 7) is 1.01. The molecule has 1 saturated carbocycles. The number of hydrogen-bond acceptors (Lipinski definition) is 6. The number of hydrogen-bond donors (Lipinski definition) is 2. The molecule has 0 unspecified atom stereocenters. The molecule has 1 aliphatic rings. The van der Waals surface area contributed by atoms with Crippen LogP contribution in [0.3, 0.4) is 0 Å². The third-order valence-corrected chi connectivity index (χ3v) is 5.92. The molecule has 1 aromatic heterocycles. The number of ether oxygens (including phenoxy) is 3. The van der Waals surface area contributed by atoms with Crippen molar-refractivity contribution in [1.82, 2.24) is 15.5 Å². The number of nitrogens with one attached hydrogen (secondary N) is 2. The number of nitrogens with zero attached hydrogens (tertiary/aromatic N) is 1. The summed E-state index contributed by atoms with van der Waals surface area (Å²) < 4.78 is 21.6. The van der Waals surface area contributed by atoms with Gasteiger partial charge >= 0.3 is 0 Å². The zero-order valence-electron chi connectivity index (χ0n) is 18.8. The second kappa shape index (κ2) is 11.6. The highest BCUT2D eigenvalue weighted by atomic mass is 32.1. The zero-order valence-corrected chi connectivity index (χ0v) is 19.6. The van der Waals surface area contributed by atoms with Crippen LogP contribution in [0, 0.1) is 0 Å². The number of benzene rings is 1. The molecule has 2 aromatic rings. The molecule has 1 fully saturated rings. The topological polar surface area (TPSA) is 85.2 Å². The van der Waals surface area contributed by atoms with E-state index >= 15 is 0 Å². The van der Waals surface area contributed by atoms with Crippen LogP contribution in [0.25, 0.3) is 0 Å². The molecule has 1 aromatic carbocycles. The van der Waals surface area contributed by atoms with Crippen LogP contribution in [0.2, 0.25) is 0 Å². The molecule has 8 nitrogen and oxygen atoms in total. The van der Waals surface area contributed by atoms with Crippen molar-refractivity contribution in [1.29, 1.82) is 0 Å². The highest BCUT2D eigenvalue weighted by Gasteiger charge is 2.26. The van der Waals surface area contributed by atoms with Crippen molar-refractivity contribution in [3.8, 4) is 17.2 Å². The number of methoxy groups -OCH3 is 3. The largest absolute Gasteiger partial charge is 0.493 e. The van der Waals surface area contributed by atoms with E-state index in [1.165, 1.54) is 12.8 Å². The molecule has 0 atom stereocenters. The van der Waals surface area contributed by atoms with Crippen LogP contribution < -0.4 is 24.8 Å². The number of rotatable bonds is 10. The maximum Gasteiger partial charge on any atom is 0.239 e.